The molecule has 1 aliphatic heterocycles. The molecular formula is C30H25BrClN3O7S. The summed E-state index contributed by atoms with van der Waals surface area (Å²) in [5.74, 6) is 0.574. The fourth-order valence-corrected chi connectivity index (χ4v) is 6.44. The number of allylic oxidation sites excluding steroid dienone is 1. The molecule has 43 heavy (non-hydrogen) atoms. The van der Waals surface area contributed by atoms with Crippen LogP contribution in [0.5, 0.6) is 5.75 Å². The molecule has 2 aromatic carbocycles. The predicted molar refractivity (Wildman–Crippen MR) is 166 cm³/mol. The van der Waals surface area contributed by atoms with Crippen LogP contribution in [0.1, 0.15) is 44.1 Å². The average Bonchev–Trinajstić information content (AvgIpc) is 3.56. The second kappa shape index (κ2) is 12.7. The van der Waals surface area contributed by atoms with Crippen LogP contribution in [-0.4, -0.2) is 29.2 Å². The van der Waals surface area contributed by atoms with E-state index in [9.17, 15) is 19.7 Å². The molecule has 4 aromatic rings. The van der Waals surface area contributed by atoms with Gasteiger partial charge in [0, 0.05) is 33.8 Å². The van der Waals surface area contributed by atoms with Crippen molar-refractivity contribution in [3.63, 3.8) is 0 Å². The molecule has 0 spiro atoms. The van der Waals surface area contributed by atoms with Gasteiger partial charge in [-0.3, -0.25) is 19.5 Å². The summed E-state index contributed by atoms with van der Waals surface area (Å²) in [4.78, 5) is 43.4. The van der Waals surface area contributed by atoms with Crippen molar-refractivity contribution in [1.29, 1.82) is 0 Å². The van der Waals surface area contributed by atoms with Crippen LogP contribution in [0.3, 0.4) is 0 Å². The fourth-order valence-electron chi connectivity index (χ4n) is 4.85. The number of halogens is 2. The highest BCUT2D eigenvalue weighted by atomic mass is 79.9. The molecule has 2 aromatic heterocycles. The van der Waals surface area contributed by atoms with Crippen molar-refractivity contribution in [2.24, 2.45) is 4.99 Å². The number of thiazole rings is 1. The Labute approximate surface area is 262 Å². The first-order valence-corrected chi connectivity index (χ1v) is 15.2. The first-order valence-electron chi connectivity index (χ1n) is 13.3. The minimum Gasteiger partial charge on any atom is -0.496 e. The van der Waals surface area contributed by atoms with Gasteiger partial charge in [-0.15, -0.1) is 0 Å². The molecule has 0 N–H and O–H groups in total. The second-order valence-corrected chi connectivity index (χ2v) is 11.8. The highest BCUT2D eigenvalue weighted by molar-refractivity contribution is 9.10. The Morgan fingerprint density at radius 3 is 2.72 bits per heavy atom. The Kier molecular flexibility index (Phi) is 9.00. The maximum atomic E-state index is 14.0. The SMILES string of the molecule is CCCC1=C(C(=O)OCC)[C@H](c2cc(Br)ccc2OC)n2c(s/c(=C/c3ccc(-c4cc([N+](=O)[O-])ccc4Cl)o3)c2=O)=N1. The Bertz CT molecular complexity index is 1960. The predicted octanol–water partition coefficient (Wildman–Crippen LogP) is 6.17. The third kappa shape index (κ3) is 5.95. The number of furan rings is 1. The molecule has 10 nitrogen and oxygen atoms in total. The van der Waals surface area contributed by atoms with E-state index < -0.39 is 16.9 Å². The minimum absolute atomic E-state index is 0.131. The smallest absolute Gasteiger partial charge is 0.338 e. The van der Waals surface area contributed by atoms with Crippen LogP contribution in [0.4, 0.5) is 5.69 Å². The van der Waals surface area contributed by atoms with Crippen molar-refractivity contribution < 1.29 is 23.6 Å². The summed E-state index contributed by atoms with van der Waals surface area (Å²) < 4.78 is 19.6. The monoisotopic (exact) mass is 685 g/mol. The molecule has 0 amide bonds. The number of aromatic nitrogens is 1. The lowest BCUT2D eigenvalue weighted by Gasteiger charge is -2.27. The lowest BCUT2D eigenvalue weighted by molar-refractivity contribution is -0.384. The molecule has 0 saturated heterocycles. The van der Waals surface area contributed by atoms with E-state index in [1.807, 2.05) is 19.1 Å². The van der Waals surface area contributed by atoms with Gasteiger partial charge in [-0.25, -0.2) is 9.79 Å². The zero-order valence-corrected chi connectivity index (χ0v) is 26.4. The van der Waals surface area contributed by atoms with E-state index >= 15 is 0 Å². The first kappa shape index (κ1) is 30.5. The Morgan fingerprint density at radius 2 is 2.02 bits per heavy atom. The van der Waals surface area contributed by atoms with Crippen LogP contribution in [0, 0.1) is 10.1 Å². The van der Waals surface area contributed by atoms with Crippen molar-refractivity contribution in [3.8, 4) is 17.1 Å². The van der Waals surface area contributed by atoms with Crippen LogP contribution in [0.25, 0.3) is 17.4 Å². The number of hydrogen-bond acceptors (Lipinski definition) is 9. The van der Waals surface area contributed by atoms with E-state index in [1.165, 1.54) is 29.9 Å². The van der Waals surface area contributed by atoms with E-state index in [2.05, 4.69) is 15.9 Å². The molecule has 1 atom stereocenters. The van der Waals surface area contributed by atoms with Gasteiger partial charge >= 0.3 is 5.97 Å². The summed E-state index contributed by atoms with van der Waals surface area (Å²) in [6, 6.07) is 11.9. The van der Waals surface area contributed by atoms with Crippen molar-refractivity contribution in [3.05, 3.63) is 110 Å². The van der Waals surface area contributed by atoms with E-state index in [1.54, 1.807) is 31.2 Å². The van der Waals surface area contributed by atoms with Crippen LogP contribution in [0.2, 0.25) is 5.02 Å². The molecule has 0 unspecified atom stereocenters. The Balaban J connectivity index is 1.70. The Hall–Kier alpha value is -4.00. The number of nitro groups is 1. The zero-order chi connectivity index (χ0) is 30.8. The molecule has 0 aliphatic carbocycles. The number of fused-ring (bicyclic) bond motifs is 1. The van der Waals surface area contributed by atoms with Crippen LogP contribution >= 0.6 is 38.9 Å². The zero-order valence-electron chi connectivity index (χ0n) is 23.3. The van der Waals surface area contributed by atoms with Gasteiger partial charge in [0.05, 0.1) is 39.5 Å². The topological polar surface area (TPSA) is 126 Å². The number of carbonyl (C=O) groups excluding carboxylic acids is 1. The van der Waals surface area contributed by atoms with Crippen LogP contribution in [-0.2, 0) is 9.53 Å². The number of nitrogens with zero attached hydrogens (tertiary/aromatic N) is 3. The standard InChI is InChI=1S/C30H25BrClN3O7S/c1-4-6-22-26(29(37)41-5-2)27(20-13-16(31)7-11-23(20)40-3)34-28(36)25(43-30(34)33-22)15-18-9-12-24(42-18)19-14-17(35(38)39)8-10-21(19)32/h7-15,27H,4-6H2,1-3H3/b25-15+/t27-/m0/s1. The third-order valence-corrected chi connectivity index (χ3v) is 8.51. The van der Waals surface area contributed by atoms with Gasteiger partial charge in [0.15, 0.2) is 4.80 Å². The Morgan fingerprint density at radius 1 is 1.23 bits per heavy atom. The minimum atomic E-state index is -0.859. The maximum absolute atomic E-state index is 14.0. The van der Waals surface area contributed by atoms with Crippen molar-refractivity contribution in [2.45, 2.75) is 32.7 Å². The lowest BCUT2D eigenvalue weighted by Crippen LogP contribution is -2.40. The van der Waals surface area contributed by atoms with E-state index in [0.29, 0.717) is 56.3 Å². The summed E-state index contributed by atoms with van der Waals surface area (Å²) >= 11 is 11.0. The van der Waals surface area contributed by atoms with Gasteiger partial charge in [-0.1, -0.05) is 52.2 Å². The number of esters is 1. The average molecular weight is 687 g/mol. The van der Waals surface area contributed by atoms with Crippen LogP contribution < -0.4 is 19.6 Å². The number of rotatable bonds is 9. The summed E-state index contributed by atoms with van der Waals surface area (Å²) in [5.41, 5.74) is 1.24. The van der Waals surface area contributed by atoms with Crippen molar-refractivity contribution >= 4 is 56.6 Å². The van der Waals surface area contributed by atoms with Gasteiger partial charge in [0.1, 0.15) is 23.3 Å². The van der Waals surface area contributed by atoms with Gasteiger partial charge in [0.2, 0.25) is 0 Å². The first-order chi connectivity index (χ1) is 20.7. The number of benzene rings is 2. The number of ether oxygens (including phenoxy) is 2. The highest BCUT2D eigenvalue weighted by Gasteiger charge is 2.36. The number of hydrogen-bond donors (Lipinski definition) is 0. The molecule has 222 valence electrons. The number of nitro benzene ring substituents is 1. The van der Waals surface area contributed by atoms with Crippen molar-refractivity contribution in [1.82, 2.24) is 4.57 Å². The number of non-ortho nitro benzene ring substituents is 1. The normalized spacial score (nSPS) is 14.8. The maximum Gasteiger partial charge on any atom is 0.338 e. The quantitative estimate of drug-likeness (QED) is 0.117. The van der Waals surface area contributed by atoms with Gasteiger partial charge in [0.25, 0.3) is 11.2 Å². The van der Waals surface area contributed by atoms with Crippen molar-refractivity contribution in [2.75, 3.05) is 13.7 Å². The highest BCUT2D eigenvalue weighted by Crippen LogP contribution is 2.38. The molecule has 5 rings (SSSR count). The summed E-state index contributed by atoms with van der Waals surface area (Å²) in [6.45, 7) is 3.86. The molecule has 0 bridgehead atoms. The van der Waals surface area contributed by atoms with E-state index in [4.69, 9.17) is 30.5 Å². The molecule has 1 aliphatic rings. The fraction of sp³-hybridized carbons (Fsp3) is 0.233. The molecule has 3 heterocycles. The van der Waals surface area contributed by atoms with E-state index in [-0.39, 0.29) is 28.4 Å². The molecular weight excluding hydrogens is 662 g/mol. The van der Waals surface area contributed by atoms with Gasteiger partial charge in [-0.05, 0) is 49.7 Å². The second-order valence-electron chi connectivity index (χ2n) is 9.42. The lowest BCUT2D eigenvalue weighted by atomic mass is 9.93. The summed E-state index contributed by atoms with van der Waals surface area (Å²) in [6.07, 6.45) is 2.78. The van der Waals surface area contributed by atoms with Gasteiger partial charge in [-0.2, -0.15) is 0 Å². The molecule has 0 saturated carbocycles. The molecule has 13 heteroatoms. The summed E-state index contributed by atoms with van der Waals surface area (Å²) in [5, 5.41) is 11.5. The van der Waals surface area contributed by atoms with E-state index in [0.717, 1.165) is 15.8 Å². The van der Waals surface area contributed by atoms with Crippen LogP contribution in [0.15, 0.2) is 78.5 Å². The van der Waals surface area contributed by atoms with Gasteiger partial charge < -0.3 is 13.9 Å². The molecule has 0 fully saturated rings. The third-order valence-electron chi connectivity index (χ3n) is 6.70. The number of methoxy groups -OCH3 is 1. The summed E-state index contributed by atoms with van der Waals surface area (Å²) in [7, 11) is 1.53. The number of carbonyl (C=O) groups is 1. The molecule has 0 radical (unpaired) electrons. The largest absolute Gasteiger partial charge is 0.496 e.